The van der Waals surface area contributed by atoms with Gasteiger partial charge in [0.2, 0.25) is 5.91 Å². The van der Waals surface area contributed by atoms with Crippen LogP contribution in [0.3, 0.4) is 0 Å². The fraction of sp³-hybridized carbons (Fsp3) is 0.667. The van der Waals surface area contributed by atoms with Gasteiger partial charge in [-0.15, -0.1) is 0 Å². The summed E-state index contributed by atoms with van der Waals surface area (Å²) < 4.78 is 5.12. The molecule has 0 bridgehead atoms. The smallest absolute Gasteiger partial charge is 0.341 e. The van der Waals surface area contributed by atoms with Gasteiger partial charge < -0.3 is 4.90 Å². The van der Waals surface area contributed by atoms with Crippen molar-refractivity contribution in [3.8, 4) is 0 Å². The summed E-state index contributed by atoms with van der Waals surface area (Å²) in [7, 11) is 1.85. The van der Waals surface area contributed by atoms with Crippen molar-refractivity contribution in [2.24, 2.45) is 5.92 Å². The number of aromatic nitrogens is 5. The van der Waals surface area contributed by atoms with E-state index in [0.717, 1.165) is 37.2 Å². The fourth-order valence-corrected chi connectivity index (χ4v) is 3.67. The van der Waals surface area contributed by atoms with Crippen LogP contribution in [0.5, 0.6) is 0 Å². The maximum absolute atomic E-state index is 12.6. The lowest BCUT2D eigenvalue weighted by Crippen LogP contribution is -2.39. The molecule has 0 spiro atoms. The second-order valence-electron chi connectivity index (χ2n) is 7.68. The fourth-order valence-electron chi connectivity index (χ4n) is 3.67. The van der Waals surface area contributed by atoms with Gasteiger partial charge in [-0.2, -0.15) is 10.2 Å². The van der Waals surface area contributed by atoms with Gasteiger partial charge in [-0.25, -0.2) is 9.48 Å². The molecule has 1 unspecified atom stereocenters. The third kappa shape index (κ3) is 3.45. The Kier molecular flexibility index (Phi) is 4.42. The van der Waals surface area contributed by atoms with E-state index in [0.29, 0.717) is 12.5 Å². The molecule has 0 N–H and O–H groups in total. The minimum absolute atomic E-state index is 0.00791. The van der Waals surface area contributed by atoms with Crippen LogP contribution in [0.4, 0.5) is 0 Å². The van der Waals surface area contributed by atoms with E-state index in [1.54, 1.807) is 20.1 Å². The Morgan fingerprint density at radius 2 is 2.12 bits per heavy atom. The van der Waals surface area contributed by atoms with Crippen LogP contribution in [0.2, 0.25) is 0 Å². The Morgan fingerprint density at radius 1 is 1.31 bits per heavy atom. The molecule has 1 atom stereocenters. The zero-order valence-electron chi connectivity index (χ0n) is 15.5. The highest BCUT2D eigenvalue weighted by atomic mass is 16.2. The first kappa shape index (κ1) is 17.1. The molecule has 140 valence electrons. The largest absolute Gasteiger partial charge is 0.345 e. The van der Waals surface area contributed by atoms with E-state index < -0.39 is 0 Å². The van der Waals surface area contributed by atoms with E-state index in [2.05, 4.69) is 10.2 Å². The Bertz CT molecular complexity index is 859. The lowest BCUT2D eigenvalue weighted by atomic mass is 10.1. The number of likely N-dealkylation sites (N-methyl/N-ethyl adjacent to an activating group) is 1. The van der Waals surface area contributed by atoms with E-state index >= 15 is 0 Å². The average Bonchev–Trinajstić information content (AvgIpc) is 3.32. The number of carbonyl (C=O) groups is 1. The molecular weight excluding hydrogens is 332 g/mol. The number of amides is 1. The predicted molar refractivity (Wildman–Crippen MR) is 95.7 cm³/mol. The average molecular weight is 358 g/mol. The number of hydrogen-bond donors (Lipinski definition) is 0. The van der Waals surface area contributed by atoms with Gasteiger partial charge in [0.25, 0.3) is 0 Å². The van der Waals surface area contributed by atoms with E-state index in [4.69, 9.17) is 0 Å². The number of hydrogen-bond acceptors (Lipinski definition) is 4. The summed E-state index contributed by atoms with van der Waals surface area (Å²) in [4.78, 5) is 26.9. The third-order valence-corrected chi connectivity index (χ3v) is 5.52. The van der Waals surface area contributed by atoms with Gasteiger partial charge in [-0.05, 0) is 44.1 Å². The van der Waals surface area contributed by atoms with Crippen LogP contribution in [0, 0.1) is 12.8 Å². The van der Waals surface area contributed by atoms with Crippen LogP contribution in [-0.2, 0) is 30.8 Å². The second-order valence-corrected chi connectivity index (χ2v) is 7.68. The quantitative estimate of drug-likeness (QED) is 0.793. The molecule has 1 saturated carbocycles. The Hall–Kier alpha value is -2.38. The molecule has 3 heterocycles. The summed E-state index contributed by atoms with van der Waals surface area (Å²) in [6, 6.07) is 0.122. The zero-order valence-corrected chi connectivity index (χ0v) is 15.5. The highest BCUT2D eigenvalue weighted by molar-refractivity contribution is 5.75. The lowest BCUT2D eigenvalue weighted by Gasteiger charge is -2.27. The van der Waals surface area contributed by atoms with Crippen LogP contribution in [0.25, 0.3) is 0 Å². The molecule has 2 aliphatic rings. The first-order chi connectivity index (χ1) is 12.5. The molecule has 8 nitrogen and oxygen atoms in total. The zero-order chi connectivity index (χ0) is 18.3. The van der Waals surface area contributed by atoms with Crippen molar-refractivity contribution < 1.29 is 4.79 Å². The summed E-state index contributed by atoms with van der Waals surface area (Å²) in [5.74, 6) is 1.54. The van der Waals surface area contributed by atoms with Crippen LogP contribution < -0.4 is 5.69 Å². The van der Waals surface area contributed by atoms with E-state index in [-0.39, 0.29) is 24.2 Å². The Morgan fingerprint density at radius 3 is 2.81 bits per heavy atom. The Balaban J connectivity index is 1.40. The van der Waals surface area contributed by atoms with Crippen molar-refractivity contribution in [3.63, 3.8) is 0 Å². The minimum atomic E-state index is 0.00791. The van der Waals surface area contributed by atoms with Crippen molar-refractivity contribution in [2.75, 3.05) is 7.05 Å². The van der Waals surface area contributed by atoms with E-state index in [1.807, 2.05) is 25.1 Å². The van der Waals surface area contributed by atoms with Crippen molar-refractivity contribution in [1.82, 2.24) is 29.0 Å². The molecule has 0 saturated heterocycles. The van der Waals surface area contributed by atoms with Crippen molar-refractivity contribution in [2.45, 2.75) is 64.7 Å². The first-order valence-corrected chi connectivity index (χ1v) is 9.42. The normalized spacial score (nSPS) is 19.8. The summed E-state index contributed by atoms with van der Waals surface area (Å²) in [6.45, 7) is 3.59. The van der Waals surface area contributed by atoms with Gasteiger partial charge in [-0.1, -0.05) is 0 Å². The SMILES string of the molecule is Cc1cnn(CC(=O)N(C)C2CCc3nn(CC4CC4)c(=O)n3CC2)c1. The van der Waals surface area contributed by atoms with Crippen molar-refractivity contribution in [3.05, 3.63) is 34.3 Å². The lowest BCUT2D eigenvalue weighted by molar-refractivity contribution is -0.133. The molecule has 4 rings (SSSR count). The molecule has 8 heteroatoms. The topological polar surface area (TPSA) is 78.0 Å². The molecule has 2 aromatic heterocycles. The molecule has 0 radical (unpaired) electrons. The molecule has 1 aliphatic heterocycles. The van der Waals surface area contributed by atoms with E-state index in [1.165, 1.54) is 12.8 Å². The molecule has 1 aliphatic carbocycles. The molecule has 1 amide bonds. The van der Waals surface area contributed by atoms with Gasteiger partial charge in [0, 0.05) is 38.8 Å². The highest BCUT2D eigenvalue weighted by Crippen LogP contribution is 2.30. The Labute approximate surface area is 152 Å². The van der Waals surface area contributed by atoms with Crippen LogP contribution in [0.1, 0.15) is 37.1 Å². The predicted octanol–water partition coefficient (Wildman–Crippen LogP) is 0.823. The molecule has 0 aromatic carbocycles. The molecular formula is C18H26N6O2. The van der Waals surface area contributed by atoms with Gasteiger partial charge in [0.05, 0.1) is 6.20 Å². The van der Waals surface area contributed by atoms with Crippen LogP contribution >= 0.6 is 0 Å². The van der Waals surface area contributed by atoms with Gasteiger partial charge in [0.1, 0.15) is 12.4 Å². The number of rotatable bonds is 5. The van der Waals surface area contributed by atoms with E-state index in [9.17, 15) is 9.59 Å². The summed E-state index contributed by atoms with van der Waals surface area (Å²) in [6.07, 6.45) is 8.39. The monoisotopic (exact) mass is 358 g/mol. The maximum Gasteiger partial charge on any atom is 0.345 e. The standard InChI is InChI=1S/C18H26N6O2/c1-13-9-19-22(10-13)12-17(25)21(2)15-5-6-16-20-24(11-14-3-4-14)18(26)23(16)8-7-15/h9-10,14-15H,3-8,11-12H2,1-2H3. The minimum Gasteiger partial charge on any atom is -0.341 e. The van der Waals surface area contributed by atoms with Gasteiger partial charge in [-0.3, -0.25) is 14.0 Å². The van der Waals surface area contributed by atoms with Crippen LogP contribution in [0.15, 0.2) is 17.2 Å². The first-order valence-electron chi connectivity index (χ1n) is 9.42. The molecule has 26 heavy (non-hydrogen) atoms. The van der Waals surface area contributed by atoms with Crippen LogP contribution in [-0.4, -0.2) is 48.0 Å². The molecule has 1 fully saturated rings. The van der Waals surface area contributed by atoms with Gasteiger partial charge >= 0.3 is 5.69 Å². The third-order valence-electron chi connectivity index (χ3n) is 5.52. The summed E-state index contributed by atoms with van der Waals surface area (Å²) in [5.41, 5.74) is 1.05. The number of fused-ring (bicyclic) bond motifs is 1. The summed E-state index contributed by atoms with van der Waals surface area (Å²) in [5, 5.41) is 8.74. The second kappa shape index (κ2) is 6.74. The van der Waals surface area contributed by atoms with Gasteiger partial charge in [0.15, 0.2) is 0 Å². The van der Waals surface area contributed by atoms with Crippen molar-refractivity contribution in [1.29, 1.82) is 0 Å². The number of carbonyl (C=O) groups excluding carboxylic acids is 1. The highest BCUT2D eigenvalue weighted by Gasteiger charge is 2.28. The number of nitrogens with zero attached hydrogens (tertiary/aromatic N) is 6. The number of aryl methyl sites for hydroxylation is 2. The maximum atomic E-state index is 12.6. The van der Waals surface area contributed by atoms with Crippen molar-refractivity contribution >= 4 is 5.91 Å². The molecule has 2 aromatic rings. The summed E-state index contributed by atoms with van der Waals surface area (Å²) >= 11 is 0.